The van der Waals surface area contributed by atoms with Gasteiger partial charge in [0.2, 0.25) is 0 Å². The van der Waals surface area contributed by atoms with E-state index in [1.807, 2.05) is 45.3 Å². The molecule has 0 spiro atoms. The SMILES string of the molecule is CNC(Cc1c(C)nn(C)c1Cl)c1ccccc1Cl. The molecule has 102 valence electrons. The van der Waals surface area contributed by atoms with Gasteiger partial charge in [0.1, 0.15) is 5.15 Å². The molecule has 0 radical (unpaired) electrons. The Morgan fingerprint density at radius 3 is 2.53 bits per heavy atom. The zero-order valence-electron chi connectivity index (χ0n) is 11.2. The maximum absolute atomic E-state index is 6.28. The predicted molar refractivity (Wildman–Crippen MR) is 79.9 cm³/mol. The zero-order chi connectivity index (χ0) is 14.0. The maximum Gasteiger partial charge on any atom is 0.130 e. The van der Waals surface area contributed by atoms with Gasteiger partial charge < -0.3 is 5.32 Å². The zero-order valence-corrected chi connectivity index (χ0v) is 12.8. The summed E-state index contributed by atoms with van der Waals surface area (Å²) in [6.45, 7) is 1.97. The summed E-state index contributed by atoms with van der Waals surface area (Å²) in [5.41, 5.74) is 3.09. The van der Waals surface area contributed by atoms with Crippen LogP contribution in [0, 0.1) is 6.92 Å². The number of nitrogens with one attached hydrogen (secondary N) is 1. The van der Waals surface area contributed by atoms with E-state index in [1.54, 1.807) is 4.68 Å². The number of hydrogen-bond acceptors (Lipinski definition) is 2. The molecule has 1 unspecified atom stereocenters. The number of benzene rings is 1. The molecule has 1 N–H and O–H groups in total. The van der Waals surface area contributed by atoms with Crippen molar-refractivity contribution in [2.24, 2.45) is 7.05 Å². The van der Waals surface area contributed by atoms with Crippen molar-refractivity contribution in [3.8, 4) is 0 Å². The molecule has 1 aromatic carbocycles. The van der Waals surface area contributed by atoms with Crippen molar-refractivity contribution in [3.05, 3.63) is 51.3 Å². The standard InChI is InChI=1S/C14H17Cl2N3/c1-9-11(14(16)19(3)18-9)8-13(17-2)10-6-4-5-7-12(10)15/h4-7,13,17H,8H2,1-3H3. The van der Waals surface area contributed by atoms with Crippen LogP contribution in [0.25, 0.3) is 0 Å². The van der Waals surface area contributed by atoms with E-state index in [2.05, 4.69) is 10.4 Å². The van der Waals surface area contributed by atoms with E-state index in [0.717, 1.165) is 28.3 Å². The van der Waals surface area contributed by atoms with E-state index in [4.69, 9.17) is 23.2 Å². The quantitative estimate of drug-likeness (QED) is 0.935. The van der Waals surface area contributed by atoms with E-state index < -0.39 is 0 Å². The fourth-order valence-electron chi connectivity index (χ4n) is 2.24. The molecule has 2 rings (SSSR count). The second-order valence-corrected chi connectivity index (χ2v) is 5.31. The van der Waals surface area contributed by atoms with E-state index in [9.17, 15) is 0 Å². The minimum absolute atomic E-state index is 0.120. The molecule has 3 nitrogen and oxygen atoms in total. The molecular weight excluding hydrogens is 281 g/mol. The number of halogens is 2. The molecular formula is C14H17Cl2N3. The van der Waals surface area contributed by atoms with Gasteiger partial charge >= 0.3 is 0 Å². The van der Waals surface area contributed by atoms with Gasteiger partial charge in [-0.3, -0.25) is 4.68 Å². The Balaban J connectivity index is 2.32. The normalized spacial score (nSPS) is 12.7. The van der Waals surface area contributed by atoms with Crippen LogP contribution in [0.2, 0.25) is 10.2 Å². The molecule has 0 saturated carbocycles. The number of rotatable bonds is 4. The van der Waals surface area contributed by atoms with Gasteiger partial charge in [-0.15, -0.1) is 0 Å². The Kier molecular flexibility index (Phi) is 4.50. The van der Waals surface area contributed by atoms with Gasteiger partial charge in [-0.1, -0.05) is 41.4 Å². The molecule has 0 saturated heterocycles. The lowest BCUT2D eigenvalue weighted by Gasteiger charge is -2.18. The average Bonchev–Trinajstić information content (AvgIpc) is 2.63. The molecule has 0 aliphatic carbocycles. The molecule has 0 amide bonds. The topological polar surface area (TPSA) is 29.9 Å². The highest BCUT2D eigenvalue weighted by Gasteiger charge is 2.18. The van der Waals surface area contributed by atoms with Crippen LogP contribution in [0.5, 0.6) is 0 Å². The number of hydrogen-bond donors (Lipinski definition) is 1. The Bertz CT molecular complexity index is 578. The molecule has 19 heavy (non-hydrogen) atoms. The predicted octanol–water partition coefficient (Wildman–Crippen LogP) is 3.54. The summed E-state index contributed by atoms with van der Waals surface area (Å²) >= 11 is 12.5. The van der Waals surface area contributed by atoms with Gasteiger partial charge in [-0.2, -0.15) is 5.10 Å². The van der Waals surface area contributed by atoms with E-state index in [-0.39, 0.29) is 6.04 Å². The molecule has 1 heterocycles. The Morgan fingerprint density at radius 2 is 2.00 bits per heavy atom. The number of aryl methyl sites for hydroxylation is 2. The van der Waals surface area contributed by atoms with Crippen LogP contribution < -0.4 is 5.32 Å². The maximum atomic E-state index is 6.28. The fourth-order valence-corrected chi connectivity index (χ4v) is 2.75. The van der Waals surface area contributed by atoms with Crippen molar-refractivity contribution in [1.29, 1.82) is 0 Å². The second kappa shape index (κ2) is 5.95. The van der Waals surface area contributed by atoms with Gasteiger partial charge in [-0.25, -0.2) is 0 Å². The largest absolute Gasteiger partial charge is 0.313 e. The van der Waals surface area contributed by atoms with Gasteiger partial charge in [-0.05, 0) is 32.0 Å². The highest BCUT2D eigenvalue weighted by Crippen LogP contribution is 2.29. The van der Waals surface area contributed by atoms with Crippen molar-refractivity contribution in [2.45, 2.75) is 19.4 Å². The lowest BCUT2D eigenvalue weighted by molar-refractivity contribution is 0.591. The Labute approximate surface area is 123 Å². The number of likely N-dealkylation sites (N-methyl/N-ethyl adjacent to an activating group) is 1. The van der Waals surface area contributed by atoms with Crippen molar-refractivity contribution in [2.75, 3.05) is 7.05 Å². The summed E-state index contributed by atoms with van der Waals surface area (Å²) in [6, 6.07) is 7.97. The summed E-state index contributed by atoms with van der Waals surface area (Å²) in [6.07, 6.45) is 0.763. The number of nitrogens with zero attached hydrogens (tertiary/aromatic N) is 2. The molecule has 0 fully saturated rings. The Hall–Kier alpha value is -1.03. The summed E-state index contributed by atoms with van der Waals surface area (Å²) in [4.78, 5) is 0. The van der Waals surface area contributed by atoms with Crippen molar-refractivity contribution in [3.63, 3.8) is 0 Å². The first-order chi connectivity index (χ1) is 9.04. The van der Waals surface area contributed by atoms with Crippen LogP contribution in [0.4, 0.5) is 0 Å². The fraction of sp³-hybridized carbons (Fsp3) is 0.357. The monoisotopic (exact) mass is 297 g/mol. The molecule has 1 atom stereocenters. The molecule has 0 bridgehead atoms. The first-order valence-electron chi connectivity index (χ1n) is 6.14. The molecule has 0 aliphatic rings. The summed E-state index contributed by atoms with van der Waals surface area (Å²) in [5.74, 6) is 0. The third kappa shape index (κ3) is 2.94. The van der Waals surface area contributed by atoms with E-state index in [1.165, 1.54) is 0 Å². The third-order valence-corrected chi connectivity index (χ3v) is 4.12. The smallest absolute Gasteiger partial charge is 0.130 e. The van der Waals surface area contributed by atoms with E-state index >= 15 is 0 Å². The molecule has 1 aromatic heterocycles. The average molecular weight is 298 g/mol. The van der Waals surface area contributed by atoms with Gasteiger partial charge in [0.05, 0.1) is 5.69 Å². The van der Waals surface area contributed by atoms with Crippen LogP contribution in [0.1, 0.15) is 22.9 Å². The molecule has 2 aromatic rings. The van der Waals surface area contributed by atoms with Gasteiger partial charge in [0.15, 0.2) is 0 Å². The highest BCUT2D eigenvalue weighted by atomic mass is 35.5. The summed E-state index contributed by atoms with van der Waals surface area (Å²) in [5, 5.41) is 9.08. The first kappa shape index (κ1) is 14.4. The summed E-state index contributed by atoms with van der Waals surface area (Å²) in [7, 11) is 3.77. The third-order valence-electron chi connectivity index (χ3n) is 3.31. The van der Waals surface area contributed by atoms with Crippen LogP contribution in [-0.4, -0.2) is 16.8 Å². The minimum Gasteiger partial charge on any atom is -0.313 e. The molecule has 5 heteroatoms. The highest BCUT2D eigenvalue weighted by molar-refractivity contribution is 6.31. The lowest BCUT2D eigenvalue weighted by atomic mass is 9.99. The lowest BCUT2D eigenvalue weighted by Crippen LogP contribution is -2.19. The first-order valence-corrected chi connectivity index (χ1v) is 6.89. The molecule has 0 aliphatic heterocycles. The van der Waals surface area contributed by atoms with Gasteiger partial charge in [0, 0.05) is 23.7 Å². The van der Waals surface area contributed by atoms with Crippen LogP contribution in [0.15, 0.2) is 24.3 Å². The Morgan fingerprint density at radius 1 is 1.32 bits per heavy atom. The van der Waals surface area contributed by atoms with Gasteiger partial charge in [0.25, 0.3) is 0 Å². The van der Waals surface area contributed by atoms with Crippen LogP contribution in [0.3, 0.4) is 0 Å². The van der Waals surface area contributed by atoms with Crippen LogP contribution >= 0.6 is 23.2 Å². The number of aromatic nitrogens is 2. The second-order valence-electron chi connectivity index (χ2n) is 4.55. The minimum atomic E-state index is 0.120. The van der Waals surface area contributed by atoms with Crippen LogP contribution in [-0.2, 0) is 13.5 Å². The summed E-state index contributed by atoms with van der Waals surface area (Å²) < 4.78 is 1.70. The van der Waals surface area contributed by atoms with Crippen molar-refractivity contribution in [1.82, 2.24) is 15.1 Å². The van der Waals surface area contributed by atoms with Crippen molar-refractivity contribution >= 4 is 23.2 Å². The van der Waals surface area contributed by atoms with Crippen molar-refractivity contribution < 1.29 is 0 Å². The van der Waals surface area contributed by atoms with E-state index in [0.29, 0.717) is 5.15 Å².